The number of nitrogens with zero attached hydrogens (tertiary/aromatic N) is 3. The molecule has 0 spiro atoms. The van der Waals surface area contributed by atoms with Gasteiger partial charge in [-0.25, -0.2) is 4.98 Å². The van der Waals surface area contributed by atoms with E-state index in [-0.39, 0.29) is 11.3 Å². The summed E-state index contributed by atoms with van der Waals surface area (Å²) in [5.41, 5.74) is 1.48. The van der Waals surface area contributed by atoms with Crippen LogP contribution in [0.15, 0.2) is 42.7 Å². The van der Waals surface area contributed by atoms with Gasteiger partial charge in [-0.2, -0.15) is 0 Å². The Morgan fingerprint density at radius 2 is 2.04 bits per heavy atom. The molecular weight excluding hydrogens is 298 g/mol. The van der Waals surface area contributed by atoms with Gasteiger partial charge >= 0.3 is 0 Å². The van der Waals surface area contributed by atoms with Gasteiger partial charge in [0.1, 0.15) is 11.9 Å². The summed E-state index contributed by atoms with van der Waals surface area (Å²) in [5.74, 6) is 1.04. The Labute approximate surface area is 145 Å². The summed E-state index contributed by atoms with van der Waals surface area (Å²) in [4.78, 5) is 6.84. The fourth-order valence-corrected chi connectivity index (χ4v) is 3.91. The van der Waals surface area contributed by atoms with Crippen molar-refractivity contribution in [2.75, 3.05) is 19.6 Å². The van der Waals surface area contributed by atoms with Crippen molar-refractivity contribution in [1.29, 1.82) is 0 Å². The SMILES string of the molecule is Cn1ccnc1C(O)C1CCCN(CC(C)(C)c2ccccc2)C1. The third kappa shape index (κ3) is 3.70. The molecule has 1 aliphatic rings. The predicted molar refractivity (Wildman–Crippen MR) is 96.8 cm³/mol. The van der Waals surface area contributed by atoms with E-state index in [2.05, 4.69) is 54.1 Å². The van der Waals surface area contributed by atoms with Crippen LogP contribution >= 0.6 is 0 Å². The standard InChI is InChI=1S/C20H29N3O/c1-20(2,17-9-5-4-6-10-17)15-23-12-7-8-16(14-23)18(24)19-21-11-13-22(19)3/h4-6,9-11,13,16,18,24H,7-8,12,14-15H2,1-3H3. The second-order valence-corrected chi connectivity index (χ2v) is 7.73. The lowest BCUT2D eigenvalue weighted by Crippen LogP contribution is -2.44. The van der Waals surface area contributed by atoms with Crippen LogP contribution < -0.4 is 0 Å². The molecule has 1 aromatic carbocycles. The zero-order chi connectivity index (χ0) is 17.2. The van der Waals surface area contributed by atoms with E-state index < -0.39 is 6.10 Å². The summed E-state index contributed by atoms with van der Waals surface area (Å²) in [6.45, 7) is 7.67. The van der Waals surface area contributed by atoms with Crippen molar-refractivity contribution in [2.45, 2.75) is 38.2 Å². The summed E-state index contributed by atoms with van der Waals surface area (Å²) < 4.78 is 1.93. The number of aliphatic hydroxyl groups excluding tert-OH is 1. The molecule has 2 atom stereocenters. The van der Waals surface area contributed by atoms with Gasteiger partial charge in [-0.05, 0) is 24.9 Å². The highest BCUT2D eigenvalue weighted by Gasteiger charge is 2.32. The van der Waals surface area contributed by atoms with Crippen molar-refractivity contribution in [1.82, 2.24) is 14.5 Å². The van der Waals surface area contributed by atoms with Crippen LogP contribution in [0.1, 0.15) is 44.2 Å². The van der Waals surface area contributed by atoms with Gasteiger partial charge in [0.2, 0.25) is 0 Å². The number of hydrogen-bond acceptors (Lipinski definition) is 3. The molecule has 130 valence electrons. The molecule has 0 amide bonds. The van der Waals surface area contributed by atoms with Crippen molar-refractivity contribution in [3.63, 3.8) is 0 Å². The lowest BCUT2D eigenvalue weighted by molar-refractivity contribution is 0.0370. The number of aryl methyl sites for hydroxylation is 1. The largest absolute Gasteiger partial charge is 0.385 e. The van der Waals surface area contributed by atoms with Crippen molar-refractivity contribution < 1.29 is 5.11 Å². The Balaban J connectivity index is 1.66. The number of benzene rings is 1. The quantitative estimate of drug-likeness (QED) is 0.917. The molecule has 3 rings (SSSR count). The highest BCUT2D eigenvalue weighted by atomic mass is 16.3. The first-order chi connectivity index (χ1) is 11.5. The van der Waals surface area contributed by atoms with E-state index >= 15 is 0 Å². The first kappa shape index (κ1) is 17.2. The van der Waals surface area contributed by atoms with E-state index in [9.17, 15) is 5.11 Å². The number of hydrogen-bond donors (Lipinski definition) is 1. The lowest BCUT2D eigenvalue weighted by atomic mass is 9.82. The third-order valence-corrected chi connectivity index (χ3v) is 5.29. The fourth-order valence-electron chi connectivity index (χ4n) is 3.91. The normalized spacial score (nSPS) is 20.9. The highest BCUT2D eigenvalue weighted by Crippen LogP contribution is 2.31. The minimum Gasteiger partial charge on any atom is -0.385 e. The molecule has 2 heterocycles. The molecule has 1 aliphatic heterocycles. The molecule has 2 unspecified atom stereocenters. The molecule has 1 fully saturated rings. The molecule has 0 saturated carbocycles. The number of aliphatic hydroxyl groups is 1. The summed E-state index contributed by atoms with van der Waals surface area (Å²) in [6, 6.07) is 10.7. The predicted octanol–water partition coefficient (Wildman–Crippen LogP) is 3.14. The maximum absolute atomic E-state index is 10.7. The molecule has 1 N–H and O–H groups in total. The Morgan fingerprint density at radius 1 is 1.29 bits per heavy atom. The van der Waals surface area contributed by atoms with Gasteiger partial charge in [-0.3, -0.25) is 0 Å². The van der Waals surface area contributed by atoms with Crippen LogP contribution in [-0.4, -0.2) is 39.2 Å². The first-order valence-corrected chi connectivity index (χ1v) is 8.90. The molecule has 0 bridgehead atoms. The molecule has 24 heavy (non-hydrogen) atoms. The second kappa shape index (κ2) is 7.08. The maximum atomic E-state index is 10.7. The summed E-state index contributed by atoms with van der Waals surface area (Å²) in [5, 5.41) is 10.7. The average molecular weight is 327 g/mol. The van der Waals surface area contributed by atoms with Crippen LogP contribution in [0.3, 0.4) is 0 Å². The van der Waals surface area contributed by atoms with Crippen LogP contribution in [0.25, 0.3) is 0 Å². The minimum absolute atomic E-state index is 0.108. The van der Waals surface area contributed by atoms with Gasteiger partial charge in [0.25, 0.3) is 0 Å². The van der Waals surface area contributed by atoms with Crippen LogP contribution in [0.4, 0.5) is 0 Å². The van der Waals surface area contributed by atoms with Gasteiger partial charge in [0, 0.05) is 43.9 Å². The Morgan fingerprint density at radius 3 is 2.71 bits per heavy atom. The molecule has 0 radical (unpaired) electrons. The summed E-state index contributed by atoms with van der Waals surface area (Å²) in [7, 11) is 1.95. The fraction of sp³-hybridized carbons (Fsp3) is 0.550. The number of likely N-dealkylation sites (tertiary alicyclic amines) is 1. The maximum Gasteiger partial charge on any atom is 0.137 e. The number of aromatic nitrogens is 2. The molecule has 0 aliphatic carbocycles. The highest BCUT2D eigenvalue weighted by molar-refractivity contribution is 5.24. The van der Waals surface area contributed by atoms with Gasteiger partial charge in [-0.1, -0.05) is 44.2 Å². The summed E-state index contributed by atoms with van der Waals surface area (Å²) in [6.07, 6.45) is 5.38. The van der Waals surface area contributed by atoms with Crippen molar-refractivity contribution >= 4 is 0 Å². The zero-order valence-electron chi connectivity index (χ0n) is 15.0. The van der Waals surface area contributed by atoms with Crippen molar-refractivity contribution in [2.24, 2.45) is 13.0 Å². The monoisotopic (exact) mass is 327 g/mol. The van der Waals surface area contributed by atoms with E-state index in [0.717, 1.165) is 38.3 Å². The average Bonchev–Trinajstić information content (AvgIpc) is 3.01. The van der Waals surface area contributed by atoms with Gasteiger partial charge in [-0.15, -0.1) is 0 Å². The molecule has 2 aromatic rings. The van der Waals surface area contributed by atoms with E-state index in [1.165, 1.54) is 5.56 Å². The Kier molecular flexibility index (Phi) is 5.07. The van der Waals surface area contributed by atoms with Gasteiger partial charge in [0.15, 0.2) is 0 Å². The second-order valence-electron chi connectivity index (χ2n) is 7.73. The van der Waals surface area contributed by atoms with Crippen LogP contribution in [-0.2, 0) is 12.5 Å². The van der Waals surface area contributed by atoms with E-state index in [1.54, 1.807) is 6.20 Å². The molecule has 1 aromatic heterocycles. The van der Waals surface area contributed by atoms with Crippen LogP contribution in [0.2, 0.25) is 0 Å². The van der Waals surface area contributed by atoms with E-state index in [4.69, 9.17) is 0 Å². The number of imidazole rings is 1. The van der Waals surface area contributed by atoms with E-state index in [1.807, 2.05) is 17.8 Å². The Bertz CT molecular complexity index is 650. The topological polar surface area (TPSA) is 41.3 Å². The smallest absolute Gasteiger partial charge is 0.137 e. The number of rotatable bonds is 5. The van der Waals surface area contributed by atoms with Crippen molar-refractivity contribution in [3.8, 4) is 0 Å². The third-order valence-electron chi connectivity index (χ3n) is 5.29. The van der Waals surface area contributed by atoms with Gasteiger partial charge < -0.3 is 14.6 Å². The van der Waals surface area contributed by atoms with Gasteiger partial charge in [0.05, 0.1) is 0 Å². The molecule has 4 heteroatoms. The van der Waals surface area contributed by atoms with Crippen LogP contribution in [0.5, 0.6) is 0 Å². The number of piperidine rings is 1. The zero-order valence-corrected chi connectivity index (χ0v) is 15.0. The van der Waals surface area contributed by atoms with E-state index in [0.29, 0.717) is 0 Å². The minimum atomic E-state index is -0.479. The summed E-state index contributed by atoms with van der Waals surface area (Å²) >= 11 is 0. The van der Waals surface area contributed by atoms with Crippen LogP contribution in [0, 0.1) is 5.92 Å². The van der Waals surface area contributed by atoms with Crippen molar-refractivity contribution in [3.05, 3.63) is 54.1 Å². The first-order valence-electron chi connectivity index (χ1n) is 8.90. The molecular formula is C20H29N3O. The molecule has 1 saturated heterocycles. The lowest BCUT2D eigenvalue weighted by Gasteiger charge is -2.39. The molecule has 4 nitrogen and oxygen atoms in total. The Hall–Kier alpha value is -1.65.